The maximum absolute atomic E-state index is 11.9. The van der Waals surface area contributed by atoms with Crippen LogP contribution in [0.2, 0.25) is 4.34 Å². The summed E-state index contributed by atoms with van der Waals surface area (Å²) in [6, 6.07) is 9.72. The summed E-state index contributed by atoms with van der Waals surface area (Å²) in [5.74, 6) is -0.325. The highest BCUT2D eigenvalue weighted by atomic mass is 35.5. The second kappa shape index (κ2) is 6.57. The first-order chi connectivity index (χ1) is 9.87. The minimum absolute atomic E-state index is 0.0515. The fourth-order valence-corrected chi connectivity index (χ4v) is 3.94. The first-order valence-electron chi connectivity index (χ1n) is 5.89. The zero-order chi connectivity index (χ0) is 15.5. The molecule has 0 fully saturated rings. The Balaban J connectivity index is 1.93. The van der Waals surface area contributed by atoms with Gasteiger partial charge in [-0.15, -0.1) is 11.3 Å². The molecular formula is C13H12ClNO4S2. The van der Waals surface area contributed by atoms with Crippen molar-refractivity contribution in [1.29, 1.82) is 0 Å². The van der Waals surface area contributed by atoms with E-state index in [4.69, 9.17) is 16.3 Å². The Hall–Kier alpha value is -1.41. The average Bonchev–Trinajstić information content (AvgIpc) is 2.87. The van der Waals surface area contributed by atoms with Crippen LogP contribution in [-0.2, 0) is 14.8 Å². The Bertz CT molecular complexity index is 738. The molecule has 1 N–H and O–H groups in total. The predicted octanol–water partition coefficient (Wildman–Crippen LogP) is 2.59. The first-order valence-corrected chi connectivity index (χ1v) is 8.57. The van der Waals surface area contributed by atoms with Crippen molar-refractivity contribution in [2.24, 2.45) is 0 Å². The van der Waals surface area contributed by atoms with Gasteiger partial charge < -0.3 is 4.74 Å². The number of hydrogen-bond donors (Lipinski definition) is 1. The maximum Gasteiger partial charge on any atom is 0.326 e. The molecule has 0 bridgehead atoms. The van der Waals surface area contributed by atoms with E-state index in [9.17, 15) is 13.2 Å². The van der Waals surface area contributed by atoms with Gasteiger partial charge >= 0.3 is 5.97 Å². The van der Waals surface area contributed by atoms with E-state index in [1.165, 1.54) is 12.1 Å². The summed E-state index contributed by atoms with van der Waals surface area (Å²) in [7, 11) is -3.75. The number of sulfonamides is 1. The zero-order valence-electron chi connectivity index (χ0n) is 11.0. The molecule has 112 valence electrons. The summed E-state index contributed by atoms with van der Waals surface area (Å²) < 4.78 is 31.4. The van der Waals surface area contributed by atoms with E-state index in [0.29, 0.717) is 10.1 Å². The van der Waals surface area contributed by atoms with Crippen LogP contribution < -0.4 is 9.46 Å². The molecular weight excluding hydrogens is 334 g/mol. The quantitative estimate of drug-likeness (QED) is 0.667. The molecule has 0 aliphatic heterocycles. The molecule has 2 aromatic rings. The normalized spacial score (nSPS) is 11.3. The number of rotatable bonds is 5. The SMILES string of the molecule is Cc1ccc(OC(=O)CNS(=O)(=O)c2ccc(Cl)s2)cc1. The zero-order valence-corrected chi connectivity index (χ0v) is 13.4. The summed E-state index contributed by atoms with van der Waals surface area (Å²) in [5, 5.41) is 0. The summed E-state index contributed by atoms with van der Waals surface area (Å²) in [6.45, 7) is 1.46. The Morgan fingerprint density at radius 2 is 1.90 bits per heavy atom. The van der Waals surface area contributed by atoms with Gasteiger partial charge in [-0.3, -0.25) is 4.79 Å². The molecule has 1 aromatic carbocycles. The van der Waals surface area contributed by atoms with Gasteiger partial charge in [0.05, 0.1) is 4.34 Å². The van der Waals surface area contributed by atoms with Gasteiger partial charge in [0.25, 0.3) is 10.0 Å². The fourth-order valence-electron chi connectivity index (χ4n) is 1.44. The highest BCUT2D eigenvalue weighted by Crippen LogP contribution is 2.25. The number of carbonyl (C=O) groups excluding carboxylic acids is 1. The molecule has 21 heavy (non-hydrogen) atoms. The minimum Gasteiger partial charge on any atom is -0.426 e. The highest BCUT2D eigenvalue weighted by molar-refractivity contribution is 7.91. The second-order valence-corrected chi connectivity index (χ2v) is 7.88. The van der Waals surface area contributed by atoms with Gasteiger partial charge in [-0.2, -0.15) is 4.72 Å². The van der Waals surface area contributed by atoms with Crippen molar-refractivity contribution in [3.63, 3.8) is 0 Å². The van der Waals surface area contributed by atoms with Crippen molar-refractivity contribution in [2.75, 3.05) is 6.54 Å². The highest BCUT2D eigenvalue weighted by Gasteiger charge is 2.18. The average molecular weight is 346 g/mol. The van der Waals surface area contributed by atoms with Crippen LogP contribution in [0.5, 0.6) is 5.75 Å². The van der Waals surface area contributed by atoms with Crippen molar-refractivity contribution < 1.29 is 17.9 Å². The lowest BCUT2D eigenvalue weighted by Gasteiger charge is -2.06. The van der Waals surface area contributed by atoms with E-state index in [-0.39, 0.29) is 4.21 Å². The Morgan fingerprint density at radius 3 is 2.48 bits per heavy atom. The molecule has 0 amide bonds. The predicted molar refractivity (Wildman–Crippen MR) is 81.3 cm³/mol. The minimum atomic E-state index is -3.75. The third kappa shape index (κ3) is 4.53. The van der Waals surface area contributed by atoms with Gasteiger partial charge in [0.15, 0.2) is 0 Å². The number of hydrogen-bond acceptors (Lipinski definition) is 5. The van der Waals surface area contributed by atoms with Gasteiger partial charge in [-0.1, -0.05) is 29.3 Å². The largest absolute Gasteiger partial charge is 0.426 e. The Labute approximate surface area is 131 Å². The first kappa shape index (κ1) is 16.0. The van der Waals surface area contributed by atoms with Crippen molar-refractivity contribution in [1.82, 2.24) is 4.72 Å². The molecule has 0 aliphatic carbocycles. The molecule has 1 aromatic heterocycles. The third-order valence-corrected chi connectivity index (χ3v) is 5.60. The molecule has 0 unspecified atom stereocenters. The molecule has 0 saturated heterocycles. The van der Waals surface area contributed by atoms with Gasteiger partial charge in [0, 0.05) is 0 Å². The molecule has 0 spiro atoms. The smallest absolute Gasteiger partial charge is 0.326 e. The van der Waals surface area contributed by atoms with Crippen LogP contribution in [0.4, 0.5) is 0 Å². The number of benzene rings is 1. The number of carbonyl (C=O) groups is 1. The monoisotopic (exact) mass is 345 g/mol. The van der Waals surface area contributed by atoms with Crippen LogP contribution in [0.1, 0.15) is 5.56 Å². The molecule has 0 radical (unpaired) electrons. The van der Waals surface area contributed by atoms with E-state index < -0.39 is 22.5 Å². The topological polar surface area (TPSA) is 72.5 Å². The van der Waals surface area contributed by atoms with Crippen LogP contribution in [0.25, 0.3) is 0 Å². The van der Waals surface area contributed by atoms with E-state index in [0.717, 1.165) is 16.9 Å². The molecule has 1 heterocycles. The van der Waals surface area contributed by atoms with Crippen LogP contribution >= 0.6 is 22.9 Å². The van der Waals surface area contributed by atoms with E-state index in [2.05, 4.69) is 4.72 Å². The molecule has 0 saturated carbocycles. The van der Waals surface area contributed by atoms with Gasteiger partial charge in [0.2, 0.25) is 0 Å². The molecule has 0 aliphatic rings. The Kier molecular flexibility index (Phi) is 5.00. The number of esters is 1. The number of thiophene rings is 1. The molecule has 0 atom stereocenters. The maximum atomic E-state index is 11.9. The van der Waals surface area contributed by atoms with E-state index in [1.807, 2.05) is 6.92 Å². The van der Waals surface area contributed by atoms with Crippen LogP contribution in [0.3, 0.4) is 0 Å². The standard InChI is InChI=1S/C13H12ClNO4S2/c1-9-2-4-10(5-3-9)19-12(16)8-15-21(17,18)13-7-6-11(14)20-13/h2-7,15H,8H2,1H3. The van der Waals surface area contributed by atoms with Crippen molar-refractivity contribution >= 4 is 38.9 Å². The second-order valence-electron chi connectivity index (χ2n) is 4.17. The van der Waals surface area contributed by atoms with Crippen molar-refractivity contribution in [3.05, 3.63) is 46.3 Å². The van der Waals surface area contributed by atoms with E-state index >= 15 is 0 Å². The molecule has 5 nitrogen and oxygen atoms in total. The number of halogens is 1. The third-order valence-electron chi connectivity index (χ3n) is 2.47. The summed E-state index contributed by atoms with van der Waals surface area (Å²) >= 11 is 6.60. The molecule has 8 heteroatoms. The van der Waals surface area contributed by atoms with Gasteiger partial charge in [-0.05, 0) is 31.2 Å². The lowest BCUT2D eigenvalue weighted by atomic mass is 10.2. The lowest BCUT2D eigenvalue weighted by molar-refractivity contribution is -0.133. The number of nitrogens with one attached hydrogen (secondary N) is 1. The summed E-state index contributed by atoms with van der Waals surface area (Å²) in [4.78, 5) is 11.6. The van der Waals surface area contributed by atoms with Crippen LogP contribution in [0.15, 0.2) is 40.6 Å². The van der Waals surface area contributed by atoms with Crippen LogP contribution in [-0.4, -0.2) is 20.9 Å². The van der Waals surface area contributed by atoms with Crippen molar-refractivity contribution in [3.8, 4) is 5.75 Å². The van der Waals surface area contributed by atoms with Gasteiger partial charge in [-0.25, -0.2) is 8.42 Å². The van der Waals surface area contributed by atoms with Crippen LogP contribution in [0, 0.1) is 6.92 Å². The number of aryl methyl sites for hydroxylation is 1. The fraction of sp³-hybridized carbons (Fsp3) is 0.154. The van der Waals surface area contributed by atoms with Gasteiger partial charge in [0.1, 0.15) is 16.5 Å². The summed E-state index contributed by atoms with van der Waals surface area (Å²) in [6.07, 6.45) is 0. The number of ether oxygens (including phenoxy) is 1. The lowest BCUT2D eigenvalue weighted by Crippen LogP contribution is -2.31. The summed E-state index contributed by atoms with van der Waals surface area (Å²) in [5.41, 5.74) is 1.03. The Morgan fingerprint density at radius 1 is 1.24 bits per heavy atom. The van der Waals surface area contributed by atoms with Crippen molar-refractivity contribution in [2.45, 2.75) is 11.1 Å². The van der Waals surface area contributed by atoms with E-state index in [1.54, 1.807) is 24.3 Å². The molecule has 2 rings (SSSR count).